The minimum Gasteiger partial charge on any atom is -0.336 e. The number of hydrogen-bond acceptors (Lipinski definition) is 4. The van der Waals surface area contributed by atoms with Crippen molar-refractivity contribution in [1.82, 2.24) is 14.5 Å². The first-order chi connectivity index (χ1) is 9.41. The summed E-state index contributed by atoms with van der Waals surface area (Å²) in [5.74, 6) is -0.306. The van der Waals surface area contributed by atoms with Crippen LogP contribution in [0.5, 0.6) is 0 Å². The summed E-state index contributed by atoms with van der Waals surface area (Å²) >= 11 is 4.84. The highest BCUT2D eigenvalue weighted by Crippen LogP contribution is 2.16. The Kier molecular flexibility index (Phi) is 4.39. The predicted molar refractivity (Wildman–Crippen MR) is 82.0 cm³/mol. The van der Waals surface area contributed by atoms with Crippen LogP contribution in [0.4, 0.5) is 0 Å². The monoisotopic (exact) mass is 355 g/mol. The quantitative estimate of drug-likeness (QED) is 0.847. The molecule has 2 aromatic rings. The SMILES string of the molecule is Cc1c(Br)cc(C(=O)N(C)Cc2cscn2)c(=O)n1C. The van der Waals surface area contributed by atoms with E-state index in [1.165, 1.54) is 20.8 Å². The third kappa shape index (κ3) is 2.83. The van der Waals surface area contributed by atoms with Gasteiger partial charge in [-0.1, -0.05) is 0 Å². The Labute approximate surface area is 129 Å². The summed E-state index contributed by atoms with van der Waals surface area (Å²) < 4.78 is 2.21. The van der Waals surface area contributed by atoms with Gasteiger partial charge in [-0.2, -0.15) is 0 Å². The normalized spacial score (nSPS) is 10.6. The Hall–Kier alpha value is -1.47. The van der Waals surface area contributed by atoms with Gasteiger partial charge in [-0.15, -0.1) is 11.3 Å². The summed E-state index contributed by atoms with van der Waals surface area (Å²) in [5.41, 5.74) is 3.18. The van der Waals surface area contributed by atoms with Crippen LogP contribution in [0.25, 0.3) is 0 Å². The van der Waals surface area contributed by atoms with Gasteiger partial charge >= 0.3 is 0 Å². The van der Waals surface area contributed by atoms with Gasteiger partial charge in [0, 0.05) is 29.6 Å². The van der Waals surface area contributed by atoms with E-state index in [-0.39, 0.29) is 17.0 Å². The summed E-state index contributed by atoms with van der Waals surface area (Å²) in [6.07, 6.45) is 0. The number of carbonyl (C=O) groups is 1. The summed E-state index contributed by atoms with van der Waals surface area (Å²) in [5, 5.41) is 1.88. The molecule has 0 N–H and O–H groups in total. The van der Waals surface area contributed by atoms with Gasteiger partial charge in [0.05, 0.1) is 17.7 Å². The summed E-state index contributed by atoms with van der Waals surface area (Å²) in [6.45, 7) is 2.20. The van der Waals surface area contributed by atoms with Crippen molar-refractivity contribution in [2.75, 3.05) is 7.05 Å². The van der Waals surface area contributed by atoms with Crippen LogP contribution in [0.15, 0.2) is 26.2 Å². The van der Waals surface area contributed by atoms with Crippen molar-refractivity contribution in [3.05, 3.63) is 48.7 Å². The molecule has 2 aromatic heterocycles. The smallest absolute Gasteiger partial charge is 0.263 e. The molecule has 7 heteroatoms. The van der Waals surface area contributed by atoms with Crippen molar-refractivity contribution in [2.24, 2.45) is 7.05 Å². The lowest BCUT2D eigenvalue weighted by Crippen LogP contribution is -2.34. The van der Waals surface area contributed by atoms with Gasteiger partial charge in [-0.25, -0.2) is 4.98 Å². The molecule has 106 valence electrons. The van der Waals surface area contributed by atoms with Gasteiger partial charge in [-0.3, -0.25) is 9.59 Å². The van der Waals surface area contributed by atoms with E-state index >= 15 is 0 Å². The van der Waals surface area contributed by atoms with E-state index in [9.17, 15) is 9.59 Å². The van der Waals surface area contributed by atoms with Crippen molar-refractivity contribution >= 4 is 33.2 Å². The van der Waals surface area contributed by atoms with Crippen molar-refractivity contribution in [1.29, 1.82) is 0 Å². The molecule has 0 atom stereocenters. The summed E-state index contributed by atoms with van der Waals surface area (Å²) in [6, 6.07) is 1.58. The minimum atomic E-state index is -0.306. The van der Waals surface area contributed by atoms with Crippen LogP contribution < -0.4 is 5.56 Å². The van der Waals surface area contributed by atoms with Gasteiger partial charge in [0.1, 0.15) is 5.56 Å². The number of carbonyl (C=O) groups excluding carboxylic acids is 1. The fraction of sp³-hybridized carbons (Fsp3) is 0.308. The molecule has 0 aliphatic heterocycles. The molecule has 20 heavy (non-hydrogen) atoms. The molecule has 0 bridgehead atoms. The number of rotatable bonds is 3. The number of amides is 1. The Morgan fingerprint density at radius 3 is 2.85 bits per heavy atom. The Balaban J connectivity index is 2.32. The summed E-state index contributed by atoms with van der Waals surface area (Å²) in [7, 11) is 3.31. The topological polar surface area (TPSA) is 55.2 Å². The maximum absolute atomic E-state index is 12.4. The highest BCUT2D eigenvalue weighted by Gasteiger charge is 2.19. The highest BCUT2D eigenvalue weighted by molar-refractivity contribution is 9.10. The third-order valence-corrected chi connectivity index (χ3v) is 4.55. The number of thiazole rings is 1. The lowest BCUT2D eigenvalue weighted by molar-refractivity contribution is 0.0781. The van der Waals surface area contributed by atoms with Crippen LogP contribution >= 0.6 is 27.3 Å². The number of pyridine rings is 1. The molecule has 0 fully saturated rings. The fourth-order valence-corrected chi connectivity index (χ4v) is 2.82. The molecule has 5 nitrogen and oxygen atoms in total. The second-order valence-electron chi connectivity index (χ2n) is 4.50. The second-order valence-corrected chi connectivity index (χ2v) is 6.07. The molecule has 2 rings (SSSR count). The largest absolute Gasteiger partial charge is 0.336 e. The van der Waals surface area contributed by atoms with E-state index in [1.54, 1.807) is 25.7 Å². The van der Waals surface area contributed by atoms with E-state index in [0.717, 1.165) is 15.9 Å². The average molecular weight is 356 g/mol. The van der Waals surface area contributed by atoms with E-state index in [0.29, 0.717) is 6.54 Å². The molecule has 0 aliphatic carbocycles. The zero-order valence-electron chi connectivity index (χ0n) is 11.4. The number of hydrogen-bond donors (Lipinski definition) is 0. The summed E-state index contributed by atoms with van der Waals surface area (Å²) in [4.78, 5) is 30.2. The molecule has 0 unspecified atom stereocenters. The zero-order valence-corrected chi connectivity index (χ0v) is 13.8. The zero-order chi connectivity index (χ0) is 14.9. The third-order valence-electron chi connectivity index (χ3n) is 3.11. The van der Waals surface area contributed by atoms with Gasteiger partial charge < -0.3 is 9.47 Å². The fourth-order valence-electron chi connectivity index (χ4n) is 1.78. The molecule has 0 aromatic carbocycles. The maximum atomic E-state index is 12.4. The van der Waals surface area contributed by atoms with E-state index in [4.69, 9.17) is 0 Å². The van der Waals surface area contributed by atoms with Crippen LogP contribution in [-0.2, 0) is 13.6 Å². The second kappa shape index (κ2) is 5.88. The molecule has 0 saturated carbocycles. The van der Waals surface area contributed by atoms with E-state index in [2.05, 4.69) is 20.9 Å². The molecule has 0 saturated heterocycles. The number of nitrogens with zero attached hydrogens (tertiary/aromatic N) is 3. The van der Waals surface area contributed by atoms with Crippen molar-refractivity contribution in [3.8, 4) is 0 Å². The minimum absolute atomic E-state index is 0.155. The van der Waals surface area contributed by atoms with Crippen LogP contribution in [0, 0.1) is 6.92 Å². The Morgan fingerprint density at radius 2 is 2.25 bits per heavy atom. The van der Waals surface area contributed by atoms with E-state index in [1.807, 2.05) is 12.3 Å². The average Bonchev–Trinajstić information content (AvgIpc) is 2.92. The number of aromatic nitrogens is 2. The lowest BCUT2D eigenvalue weighted by atomic mass is 10.2. The van der Waals surface area contributed by atoms with Gasteiger partial charge in [-0.05, 0) is 28.9 Å². The molecule has 0 aliphatic rings. The molecular weight excluding hydrogens is 342 g/mol. The van der Waals surface area contributed by atoms with Gasteiger partial charge in [0.25, 0.3) is 11.5 Å². The van der Waals surface area contributed by atoms with Crippen molar-refractivity contribution in [2.45, 2.75) is 13.5 Å². The van der Waals surface area contributed by atoms with Crippen molar-refractivity contribution < 1.29 is 4.79 Å². The molecule has 0 spiro atoms. The molecule has 2 heterocycles. The standard InChI is InChI=1S/C13H14BrN3O2S/c1-8-11(14)4-10(13(19)17(8)3)12(18)16(2)5-9-6-20-7-15-9/h4,6-7H,5H2,1-3H3. The highest BCUT2D eigenvalue weighted by atomic mass is 79.9. The molecule has 0 radical (unpaired) electrons. The Bertz CT molecular complexity index is 694. The van der Waals surface area contributed by atoms with Crippen LogP contribution in [0.2, 0.25) is 0 Å². The predicted octanol–water partition coefficient (Wildman–Crippen LogP) is 2.18. The van der Waals surface area contributed by atoms with Crippen LogP contribution in [0.1, 0.15) is 21.7 Å². The van der Waals surface area contributed by atoms with Gasteiger partial charge in [0.2, 0.25) is 0 Å². The molecule has 1 amide bonds. The van der Waals surface area contributed by atoms with Crippen LogP contribution in [0.3, 0.4) is 0 Å². The van der Waals surface area contributed by atoms with E-state index < -0.39 is 0 Å². The first-order valence-corrected chi connectivity index (χ1v) is 7.64. The maximum Gasteiger partial charge on any atom is 0.263 e. The Morgan fingerprint density at radius 1 is 1.55 bits per heavy atom. The van der Waals surface area contributed by atoms with Gasteiger partial charge in [0.15, 0.2) is 0 Å². The number of halogens is 1. The first-order valence-electron chi connectivity index (χ1n) is 5.90. The molecular formula is C13H14BrN3O2S. The first kappa shape index (κ1) is 14.9. The lowest BCUT2D eigenvalue weighted by Gasteiger charge is -2.17. The van der Waals surface area contributed by atoms with Crippen molar-refractivity contribution in [3.63, 3.8) is 0 Å². The van der Waals surface area contributed by atoms with Crippen LogP contribution in [-0.4, -0.2) is 27.4 Å².